The summed E-state index contributed by atoms with van der Waals surface area (Å²) in [5.41, 5.74) is -0.467. The number of halogens is 1. The molecule has 1 heterocycles. The largest absolute Gasteiger partial charge is 0.337 e. The number of hydrogen-bond acceptors (Lipinski definition) is 5. The van der Waals surface area contributed by atoms with E-state index in [9.17, 15) is 14.9 Å². The summed E-state index contributed by atoms with van der Waals surface area (Å²) in [4.78, 5) is 29.5. The Kier molecular flexibility index (Phi) is 6.48. The zero-order valence-electron chi connectivity index (χ0n) is 15.2. The van der Waals surface area contributed by atoms with E-state index in [-0.39, 0.29) is 23.1 Å². The van der Waals surface area contributed by atoms with E-state index in [0.717, 1.165) is 4.47 Å². The van der Waals surface area contributed by atoms with Crippen molar-refractivity contribution in [3.63, 3.8) is 0 Å². The second-order valence-corrected chi connectivity index (χ2v) is 8.27. The Morgan fingerprint density at radius 3 is 2.77 bits per heavy atom. The van der Waals surface area contributed by atoms with Gasteiger partial charge in [-0.05, 0) is 38.0 Å². The van der Waals surface area contributed by atoms with Crippen molar-refractivity contribution in [2.45, 2.75) is 44.9 Å². The zero-order valence-corrected chi connectivity index (χ0v) is 17.6. The van der Waals surface area contributed by atoms with Crippen molar-refractivity contribution in [2.75, 3.05) is 5.75 Å². The van der Waals surface area contributed by atoms with Gasteiger partial charge in [0.2, 0.25) is 5.91 Å². The molecule has 0 aliphatic carbocycles. The predicted molar refractivity (Wildman–Crippen MR) is 107 cm³/mol. The highest BCUT2D eigenvalue weighted by Gasteiger charge is 2.30. The number of amides is 1. The molecule has 2 rings (SSSR count). The minimum absolute atomic E-state index is 0.0208. The van der Waals surface area contributed by atoms with Gasteiger partial charge in [-0.25, -0.2) is 4.98 Å². The van der Waals surface area contributed by atoms with Crippen molar-refractivity contribution in [1.29, 1.82) is 5.26 Å². The first kappa shape index (κ1) is 20.5. The maximum absolute atomic E-state index is 12.7. The van der Waals surface area contributed by atoms with Crippen LogP contribution >= 0.6 is 27.7 Å². The summed E-state index contributed by atoms with van der Waals surface area (Å²) < 4.78 is 2.37. The van der Waals surface area contributed by atoms with Crippen molar-refractivity contribution in [3.05, 3.63) is 33.0 Å². The van der Waals surface area contributed by atoms with Gasteiger partial charge in [-0.1, -0.05) is 41.5 Å². The molecule has 0 fully saturated rings. The average Bonchev–Trinajstić information content (AvgIpc) is 2.60. The third-order valence-electron chi connectivity index (χ3n) is 4.32. The molecular formula is C18H21BrN4O2S. The first-order valence-electron chi connectivity index (χ1n) is 8.27. The quantitative estimate of drug-likeness (QED) is 0.553. The van der Waals surface area contributed by atoms with E-state index in [1.165, 1.54) is 11.8 Å². The minimum Gasteiger partial charge on any atom is -0.337 e. The molecule has 0 saturated carbocycles. The maximum atomic E-state index is 12.7. The molecule has 1 aromatic carbocycles. The van der Waals surface area contributed by atoms with Crippen LogP contribution in [0.25, 0.3) is 10.9 Å². The van der Waals surface area contributed by atoms with Crippen LogP contribution in [0.2, 0.25) is 0 Å². The second-order valence-electron chi connectivity index (χ2n) is 6.41. The number of nitriles is 1. The highest BCUT2D eigenvalue weighted by Crippen LogP contribution is 2.21. The van der Waals surface area contributed by atoms with E-state index < -0.39 is 5.54 Å². The van der Waals surface area contributed by atoms with Gasteiger partial charge in [-0.3, -0.25) is 14.2 Å². The van der Waals surface area contributed by atoms with Crippen LogP contribution in [0.5, 0.6) is 0 Å². The van der Waals surface area contributed by atoms with Crippen LogP contribution in [0.4, 0.5) is 0 Å². The Bertz CT molecular complexity index is 935. The normalized spacial score (nSPS) is 13.4. The van der Waals surface area contributed by atoms with Crippen LogP contribution in [0, 0.1) is 17.2 Å². The van der Waals surface area contributed by atoms with Gasteiger partial charge in [0.05, 0.1) is 22.7 Å². The third-order valence-corrected chi connectivity index (χ3v) is 5.79. The van der Waals surface area contributed by atoms with E-state index >= 15 is 0 Å². The lowest BCUT2D eigenvalue weighted by Crippen LogP contribution is -2.49. The number of rotatable bonds is 6. The summed E-state index contributed by atoms with van der Waals surface area (Å²) in [5.74, 6) is -0.202. The Morgan fingerprint density at radius 2 is 2.19 bits per heavy atom. The lowest BCUT2D eigenvalue weighted by molar-refractivity contribution is -0.120. The number of carbonyl (C=O) groups excluding carboxylic acids is 1. The first-order valence-corrected chi connectivity index (χ1v) is 10.0. The molecule has 26 heavy (non-hydrogen) atoms. The van der Waals surface area contributed by atoms with Crippen molar-refractivity contribution < 1.29 is 4.79 Å². The molecule has 0 aliphatic heterocycles. The van der Waals surface area contributed by atoms with Crippen molar-refractivity contribution in [2.24, 2.45) is 5.92 Å². The van der Waals surface area contributed by atoms with Gasteiger partial charge in [0, 0.05) is 11.0 Å². The Morgan fingerprint density at radius 1 is 1.50 bits per heavy atom. The number of fused-ring (bicyclic) bond motifs is 1. The minimum atomic E-state index is -0.925. The number of aromatic nitrogens is 2. The van der Waals surface area contributed by atoms with E-state index in [1.807, 2.05) is 26.8 Å². The van der Waals surface area contributed by atoms with Crippen LogP contribution in [0.3, 0.4) is 0 Å². The van der Waals surface area contributed by atoms with Gasteiger partial charge in [0.25, 0.3) is 5.56 Å². The summed E-state index contributed by atoms with van der Waals surface area (Å²) in [5, 5.41) is 13.1. The standard InChI is InChI=1S/C18H21BrN4O2S/c1-5-23-16(25)13-8-12(19)6-7-14(13)21-17(23)26-9-15(24)22-18(4,10-20)11(2)3/h6-8,11H,5,9H2,1-4H3,(H,22,24)/t18-/m1/s1. The average molecular weight is 437 g/mol. The summed E-state index contributed by atoms with van der Waals surface area (Å²) in [6.07, 6.45) is 0. The molecule has 0 saturated heterocycles. The molecule has 2 aromatic rings. The van der Waals surface area contributed by atoms with Crippen LogP contribution in [-0.4, -0.2) is 26.8 Å². The number of nitrogens with zero attached hydrogens (tertiary/aromatic N) is 3. The van der Waals surface area contributed by atoms with E-state index in [2.05, 4.69) is 32.3 Å². The summed E-state index contributed by atoms with van der Waals surface area (Å²) in [6, 6.07) is 7.50. The summed E-state index contributed by atoms with van der Waals surface area (Å²) in [7, 11) is 0. The molecule has 0 spiro atoms. The molecule has 1 atom stereocenters. The Labute approximate surface area is 165 Å². The van der Waals surface area contributed by atoms with Crippen LogP contribution < -0.4 is 10.9 Å². The first-order chi connectivity index (χ1) is 12.2. The molecular weight excluding hydrogens is 416 g/mol. The number of nitrogens with one attached hydrogen (secondary N) is 1. The molecule has 1 aromatic heterocycles. The Balaban J connectivity index is 2.26. The number of thioether (sulfide) groups is 1. The fourth-order valence-electron chi connectivity index (χ4n) is 2.32. The fourth-order valence-corrected chi connectivity index (χ4v) is 3.54. The molecule has 1 amide bonds. The van der Waals surface area contributed by atoms with Gasteiger partial charge in [-0.15, -0.1) is 0 Å². The van der Waals surface area contributed by atoms with Gasteiger partial charge in [0.15, 0.2) is 5.16 Å². The van der Waals surface area contributed by atoms with E-state index in [1.54, 1.807) is 23.6 Å². The highest BCUT2D eigenvalue weighted by molar-refractivity contribution is 9.10. The van der Waals surface area contributed by atoms with Crippen molar-refractivity contribution in [1.82, 2.24) is 14.9 Å². The van der Waals surface area contributed by atoms with Crippen molar-refractivity contribution in [3.8, 4) is 6.07 Å². The maximum Gasteiger partial charge on any atom is 0.262 e. The molecule has 8 heteroatoms. The smallest absolute Gasteiger partial charge is 0.262 e. The molecule has 0 unspecified atom stereocenters. The summed E-state index contributed by atoms with van der Waals surface area (Å²) in [6.45, 7) is 7.79. The van der Waals surface area contributed by atoms with E-state index in [4.69, 9.17) is 0 Å². The van der Waals surface area contributed by atoms with Gasteiger partial charge in [0.1, 0.15) is 5.54 Å². The number of hydrogen-bond donors (Lipinski definition) is 1. The monoisotopic (exact) mass is 436 g/mol. The van der Waals surface area contributed by atoms with Crippen LogP contribution in [0.15, 0.2) is 32.6 Å². The zero-order chi connectivity index (χ0) is 19.5. The molecule has 0 aliphatic rings. The van der Waals surface area contributed by atoms with Crippen LogP contribution in [-0.2, 0) is 11.3 Å². The predicted octanol–water partition coefficient (Wildman–Crippen LogP) is 3.33. The fraction of sp³-hybridized carbons (Fsp3) is 0.444. The van der Waals surface area contributed by atoms with E-state index in [0.29, 0.717) is 22.6 Å². The molecule has 0 bridgehead atoms. The number of carbonyl (C=O) groups is 1. The number of benzene rings is 1. The lowest BCUT2D eigenvalue weighted by Gasteiger charge is -2.27. The van der Waals surface area contributed by atoms with Gasteiger partial charge >= 0.3 is 0 Å². The van der Waals surface area contributed by atoms with Gasteiger partial charge < -0.3 is 5.32 Å². The van der Waals surface area contributed by atoms with Crippen LogP contribution in [0.1, 0.15) is 27.7 Å². The third kappa shape index (κ3) is 4.27. The highest BCUT2D eigenvalue weighted by atomic mass is 79.9. The molecule has 1 N–H and O–H groups in total. The molecule has 6 nitrogen and oxygen atoms in total. The Hall–Kier alpha value is -1.85. The lowest BCUT2D eigenvalue weighted by atomic mass is 9.90. The van der Waals surface area contributed by atoms with Crippen molar-refractivity contribution >= 4 is 44.5 Å². The van der Waals surface area contributed by atoms with Gasteiger partial charge in [-0.2, -0.15) is 5.26 Å². The molecule has 0 radical (unpaired) electrons. The topological polar surface area (TPSA) is 87.8 Å². The second kappa shape index (κ2) is 8.23. The SMILES string of the molecule is CCn1c(SCC(=O)N[C@](C)(C#N)C(C)C)nc2ccc(Br)cc2c1=O. The molecule has 138 valence electrons. The summed E-state index contributed by atoms with van der Waals surface area (Å²) >= 11 is 4.56.